The van der Waals surface area contributed by atoms with Gasteiger partial charge in [-0.05, 0) is 29.7 Å². The van der Waals surface area contributed by atoms with Crippen LogP contribution in [0.25, 0.3) is 10.8 Å². The number of alkyl halides is 3. The molecule has 0 aliphatic heterocycles. The molecule has 0 amide bonds. The third-order valence-electron chi connectivity index (χ3n) is 3.48. The van der Waals surface area contributed by atoms with Crippen LogP contribution in [0.4, 0.5) is 18.9 Å². The first-order chi connectivity index (χ1) is 11.3. The Balaban J connectivity index is 2.03. The summed E-state index contributed by atoms with van der Waals surface area (Å²) in [6.07, 6.45) is -4.54. The highest BCUT2D eigenvalue weighted by molar-refractivity contribution is 7.93. The number of halogens is 3. The first-order valence-electron chi connectivity index (χ1n) is 6.95. The summed E-state index contributed by atoms with van der Waals surface area (Å²) in [5.41, 5.74) is -1.06. The van der Waals surface area contributed by atoms with Gasteiger partial charge in [-0.3, -0.25) is 4.72 Å². The molecule has 7 heteroatoms. The van der Waals surface area contributed by atoms with Crippen molar-refractivity contribution in [2.24, 2.45) is 0 Å². The van der Waals surface area contributed by atoms with E-state index in [2.05, 4.69) is 4.72 Å². The Bertz CT molecular complexity index is 993. The fraction of sp³-hybridized carbons (Fsp3) is 0.0588. The number of fused-ring (bicyclic) bond motifs is 1. The molecule has 0 aromatic heterocycles. The molecule has 0 atom stereocenters. The Morgan fingerprint density at radius 2 is 1.50 bits per heavy atom. The molecule has 0 fully saturated rings. The Morgan fingerprint density at radius 3 is 2.25 bits per heavy atom. The molecule has 0 spiro atoms. The van der Waals surface area contributed by atoms with Crippen LogP contribution >= 0.6 is 0 Å². The topological polar surface area (TPSA) is 46.2 Å². The first-order valence-corrected chi connectivity index (χ1v) is 8.43. The van der Waals surface area contributed by atoms with E-state index in [9.17, 15) is 21.6 Å². The molecule has 3 aromatic carbocycles. The third kappa shape index (κ3) is 3.21. The Labute approximate surface area is 136 Å². The Kier molecular flexibility index (Phi) is 3.96. The highest BCUT2D eigenvalue weighted by Crippen LogP contribution is 2.31. The molecule has 1 N–H and O–H groups in total. The zero-order valence-corrected chi connectivity index (χ0v) is 13.0. The van der Waals surface area contributed by atoms with Gasteiger partial charge in [0.1, 0.15) is 0 Å². The van der Waals surface area contributed by atoms with Gasteiger partial charge in [0.05, 0.1) is 10.5 Å². The summed E-state index contributed by atoms with van der Waals surface area (Å²) in [5, 5.41) is 1.23. The van der Waals surface area contributed by atoms with E-state index < -0.39 is 21.8 Å². The standard InChI is InChI=1S/C17H12F3NO2S/c18-17(19,20)13-7-4-8-14(11-13)21-24(22,23)16-10-3-6-12-5-1-2-9-15(12)16/h1-11,21H. The summed E-state index contributed by atoms with van der Waals surface area (Å²) in [6.45, 7) is 0. The highest BCUT2D eigenvalue weighted by atomic mass is 32.2. The largest absolute Gasteiger partial charge is 0.416 e. The summed E-state index contributed by atoms with van der Waals surface area (Å²) >= 11 is 0. The molecule has 0 heterocycles. The maximum atomic E-state index is 12.8. The van der Waals surface area contributed by atoms with Gasteiger partial charge in [-0.15, -0.1) is 0 Å². The minimum Gasteiger partial charge on any atom is -0.280 e. The zero-order valence-electron chi connectivity index (χ0n) is 12.2. The van der Waals surface area contributed by atoms with Crippen LogP contribution < -0.4 is 4.72 Å². The van der Waals surface area contributed by atoms with Crippen molar-refractivity contribution in [2.75, 3.05) is 4.72 Å². The quantitative estimate of drug-likeness (QED) is 0.746. The molecule has 124 valence electrons. The van der Waals surface area contributed by atoms with Gasteiger partial charge >= 0.3 is 6.18 Å². The van der Waals surface area contributed by atoms with Crippen molar-refractivity contribution in [1.29, 1.82) is 0 Å². The minimum atomic E-state index is -4.54. The van der Waals surface area contributed by atoms with Crippen molar-refractivity contribution in [3.8, 4) is 0 Å². The molecule has 0 unspecified atom stereocenters. The number of sulfonamides is 1. The van der Waals surface area contributed by atoms with Crippen LogP contribution in [0.15, 0.2) is 71.6 Å². The second-order valence-corrected chi connectivity index (χ2v) is 6.81. The predicted octanol–water partition coefficient (Wildman–Crippen LogP) is 4.66. The van der Waals surface area contributed by atoms with Gasteiger partial charge in [-0.1, -0.05) is 42.5 Å². The van der Waals surface area contributed by atoms with E-state index in [4.69, 9.17) is 0 Å². The molecule has 24 heavy (non-hydrogen) atoms. The average Bonchev–Trinajstić information content (AvgIpc) is 2.53. The van der Waals surface area contributed by atoms with Crippen LogP contribution in [-0.2, 0) is 16.2 Å². The van der Waals surface area contributed by atoms with Crippen molar-refractivity contribution < 1.29 is 21.6 Å². The van der Waals surface area contributed by atoms with E-state index >= 15 is 0 Å². The van der Waals surface area contributed by atoms with Gasteiger partial charge in [-0.2, -0.15) is 13.2 Å². The Morgan fingerprint density at radius 1 is 0.833 bits per heavy atom. The molecule has 0 saturated carbocycles. The fourth-order valence-corrected chi connectivity index (χ4v) is 3.68. The van der Waals surface area contributed by atoms with Gasteiger partial charge in [0.15, 0.2) is 0 Å². The lowest BCUT2D eigenvalue weighted by atomic mass is 10.1. The lowest BCUT2D eigenvalue weighted by Crippen LogP contribution is -2.14. The molecule has 0 saturated heterocycles. The SMILES string of the molecule is O=S(=O)(Nc1cccc(C(F)(F)F)c1)c1cccc2ccccc12. The molecule has 0 aliphatic rings. The molecule has 0 aliphatic carbocycles. The number of nitrogens with one attached hydrogen (secondary N) is 1. The fourth-order valence-electron chi connectivity index (χ4n) is 2.40. The van der Waals surface area contributed by atoms with E-state index in [-0.39, 0.29) is 10.6 Å². The number of benzene rings is 3. The summed E-state index contributed by atoms with van der Waals surface area (Å²) in [5.74, 6) is 0. The van der Waals surface area contributed by atoms with Crippen LogP contribution in [0.2, 0.25) is 0 Å². The van der Waals surface area contributed by atoms with Crippen molar-refractivity contribution in [3.05, 3.63) is 72.3 Å². The second-order valence-electron chi connectivity index (χ2n) is 5.16. The maximum Gasteiger partial charge on any atom is 0.416 e. The van der Waals surface area contributed by atoms with Crippen molar-refractivity contribution >= 4 is 26.5 Å². The Hall–Kier alpha value is -2.54. The smallest absolute Gasteiger partial charge is 0.280 e. The third-order valence-corrected chi connectivity index (χ3v) is 4.92. The number of hydrogen-bond acceptors (Lipinski definition) is 2. The predicted molar refractivity (Wildman–Crippen MR) is 86.2 cm³/mol. The normalized spacial score (nSPS) is 12.3. The number of rotatable bonds is 3. The molecule has 0 bridgehead atoms. The van der Waals surface area contributed by atoms with Gasteiger partial charge < -0.3 is 0 Å². The number of anilines is 1. The van der Waals surface area contributed by atoms with Gasteiger partial charge in [0.25, 0.3) is 10.0 Å². The first kappa shape index (κ1) is 16.3. The lowest BCUT2D eigenvalue weighted by molar-refractivity contribution is -0.137. The van der Waals surface area contributed by atoms with E-state index in [1.165, 1.54) is 12.1 Å². The summed E-state index contributed by atoms with van der Waals surface area (Å²) in [7, 11) is -4.02. The lowest BCUT2D eigenvalue weighted by Gasteiger charge is -2.12. The molecule has 3 aromatic rings. The van der Waals surface area contributed by atoms with Crippen LogP contribution in [0, 0.1) is 0 Å². The van der Waals surface area contributed by atoms with E-state index in [0.717, 1.165) is 23.6 Å². The van der Waals surface area contributed by atoms with Gasteiger partial charge in [0, 0.05) is 11.1 Å². The van der Waals surface area contributed by atoms with Gasteiger partial charge in [-0.25, -0.2) is 8.42 Å². The average molecular weight is 351 g/mol. The van der Waals surface area contributed by atoms with E-state index in [1.807, 2.05) is 0 Å². The molecule has 3 rings (SSSR count). The van der Waals surface area contributed by atoms with Gasteiger partial charge in [0.2, 0.25) is 0 Å². The molecular weight excluding hydrogens is 339 g/mol. The van der Waals surface area contributed by atoms with E-state index in [0.29, 0.717) is 5.39 Å². The summed E-state index contributed by atoms with van der Waals surface area (Å²) in [6, 6.07) is 15.7. The molecular formula is C17H12F3NO2S. The monoisotopic (exact) mass is 351 g/mol. The van der Waals surface area contributed by atoms with Crippen LogP contribution in [-0.4, -0.2) is 8.42 Å². The zero-order chi connectivity index (χ0) is 17.4. The maximum absolute atomic E-state index is 12.8. The number of hydrogen-bond donors (Lipinski definition) is 1. The molecule has 3 nitrogen and oxygen atoms in total. The minimum absolute atomic E-state index is 0.0120. The highest BCUT2D eigenvalue weighted by Gasteiger charge is 2.30. The second kappa shape index (κ2) is 5.83. The van der Waals surface area contributed by atoms with Crippen LogP contribution in [0.5, 0.6) is 0 Å². The summed E-state index contributed by atoms with van der Waals surface area (Å²) in [4.78, 5) is 0.0120. The van der Waals surface area contributed by atoms with Crippen molar-refractivity contribution in [2.45, 2.75) is 11.1 Å². The van der Waals surface area contributed by atoms with E-state index in [1.54, 1.807) is 36.4 Å². The van der Waals surface area contributed by atoms with Crippen LogP contribution in [0.1, 0.15) is 5.56 Å². The summed E-state index contributed by atoms with van der Waals surface area (Å²) < 4.78 is 65.6. The van der Waals surface area contributed by atoms with Crippen molar-refractivity contribution in [3.63, 3.8) is 0 Å². The molecule has 0 radical (unpaired) electrons. The van der Waals surface area contributed by atoms with Crippen LogP contribution in [0.3, 0.4) is 0 Å². The van der Waals surface area contributed by atoms with Crippen molar-refractivity contribution in [1.82, 2.24) is 0 Å².